The Bertz CT molecular complexity index is 445. The highest BCUT2D eigenvalue weighted by molar-refractivity contribution is 5.29. The first-order valence-electron chi connectivity index (χ1n) is 8.46. The maximum Gasteiger partial charge on any atom is 0.142 e. The molecule has 21 heavy (non-hydrogen) atoms. The lowest BCUT2D eigenvalue weighted by Crippen LogP contribution is -2.31. The molecule has 1 heterocycles. The molecule has 2 unspecified atom stereocenters. The van der Waals surface area contributed by atoms with Crippen molar-refractivity contribution < 1.29 is 4.74 Å². The number of nitrogens with zero attached hydrogens (tertiary/aromatic N) is 1. The van der Waals surface area contributed by atoms with Gasteiger partial charge in [0.25, 0.3) is 0 Å². The molecule has 1 aliphatic rings. The molecule has 3 nitrogen and oxygen atoms in total. The van der Waals surface area contributed by atoms with Gasteiger partial charge in [-0.1, -0.05) is 27.2 Å². The molecule has 0 bridgehead atoms. The van der Waals surface area contributed by atoms with Gasteiger partial charge in [0, 0.05) is 18.3 Å². The summed E-state index contributed by atoms with van der Waals surface area (Å²) < 4.78 is 6.37. The van der Waals surface area contributed by atoms with Gasteiger partial charge in [-0.05, 0) is 50.7 Å². The molecule has 3 heteroatoms. The highest BCUT2D eigenvalue weighted by Crippen LogP contribution is 2.31. The Morgan fingerprint density at radius 1 is 1.29 bits per heavy atom. The molecule has 0 amide bonds. The van der Waals surface area contributed by atoms with Crippen molar-refractivity contribution in [2.75, 3.05) is 0 Å². The van der Waals surface area contributed by atoms with Crippen LogP contribution >= 0.6 is 0 Å². The first-order valence-corrected chi connectivity index (χ1v) is 8.46. The summed E-state index contributed by atoms with van der Waals surface area (Å²) in [6.07, 6.45) is 6.71. The number of hydrogen-bond acceptors (Lipinski definition) is 3. The van der Waals surface area contributed by atoms with E-state index in [0.717, 1.165) is 23.7 Å². The van der Waals surface area contributed by atoms with Crippen LogP contribution < -0.4 is 10.1 Å². The number of hydrogen-bond donors (Lipinski definition) is 1. The van der Waals surface area contributed by atoms with Crippen molar-refractivity contribution in [1.82, 2.24) is 10.3 Å². The van der Waals surface area contributed by atoms with Crippen molar-refractivity contribution in [3.05, 3.63) is 23.5 Å². The Kier molecular flexibility index (Phi) is 6.04. The quantitative estimate of drug-likeness (QED) is 0.851. The summed E-state index contributed by atoms with van der Waals surface area (Å²) in [6, 6.07) is 4.61. The molecule has 0 radical (unpaired) electrons. The standard InChI is InChI=1S/C18H30N2O/c1-5-15-8-6-7-9-17(15)21-18-11-10-14(4)20-16(18)12-19-13(2)3/h10-11,13,15,17,19H,5-9,12H2,1-4H3. The number of aromatic nitrogens is 1. The van der Waals surface area contributed by atoms with Crippen LogP contribution in [0, 0.1) is 12.8 Å². The smallest absolute Gasteiger partial charge is 0.142 e. The van der Waals surface area contributed by atoms with Gasteiger partial charge in [0.05, 0.1) is 5.69 Å². The van der Waals surface area contributed by atoms with E-state index in [0.29, 0.717) is 18.1 Å². The minimum atomic E-state index is 0.367. The third kappa shape index (κ3) is 4.70. The van der Waals surface area contributed by atoms with Gasteiger partial charge in [-0.25, -0.2) is 0 Å². The summed E-state index contributed by atoms with van der Waals surface area (Å²) in [5.74, 6) is 1.67. The zero-order valence-electron chi connectivity index (χ0n) is 14.0. The summed E-state index contributed by atoms with van der Waals surface area (Å²) in [5.41, 5.74) is 2.10. The van der Waals surface area contributed by atoms with Crippen LogP contribution in [0.25, 0.3) is 0 Å². The van der Waals surface area contributed by atoms with E-state index < -0.39 is 0 Å². The minimum absolute atomic E-state index is 0.367. The van der Waals surface area contributed by atoms with E-state index in [1.165, 1.54) is 32.1 Å². The largest absolute Gasteiger partial charge is 0.488 e. The number of rotatable bonds is 6. The third-order valence-electron chi connectivity index (χ3n) is 4.39. The lowest BCUT2D eigenvalue weighted by atomic mass is 9.85. The average Bonchev–Trinajstić information content (AvgIpc) is 2.48. The van der Waals surface area contributed by atoms with Gasteiger partial charge in [-0.3, -0.25) is 4.98 Å². The second kappa shape index (κ2) is 7.79. The van der Waals surface area contributed by atoms with Gasteiger partial charge in [-0.15, -0.1) is 0 Å². The summed E-state index contributed by atoms with van der Waals surface area (Å²) in [7, 11) is 0. The van der Waals surface area contributed by atoms with E-state index in [4.69, 9.17) is 4.74 Å². The highest BCUT2D eigenvalue weighted by Gasteiger charge is 2.26. The molecule has 1 fully saturated rings. The van der Waals surface area contributed by atoms with Crippen LogP contribution in [-0.4, -0.2) is 17.1 Å². The first kappa shape index (κ1) is 16.3. The van der Waals surface area contributed by atoms with Crippen molar-refractivity contribution in [2.24, 2.45) is 5.92 Å². The maximum absolute atomic E-state index is 6.37. The van der Waals surface area contributed by atoms with Crippen LogP contribution in [0.4, 0.5) is 0 Å². The van der Waals surface area contributed by atoms with Crippen LogP contribution in [0.15, 0.2) is 12.1 Å². The second-order valence-electron chi connectivity index (χ2n) is 6.54. The Balaban J connectivity index is 2.10. The van der Waals surface area contributed by atoms with Gasteiger partial charge in [0.1, 0.15) is 11.9 Å². The zero-order chi connectivity index (χ0) is 15.2. The molecule has 1 N–H and O–H groups in total. The van der Waals surface area contributed by atoms with Crippen molar-refractivity contribution in [3.63, 3.8) is 0 Å². The van der Waals surface area contributed by atoms with Crippen LogP contribution in [0.5, 0.6) is 5.75 Å². The molecular formula is C18H30N2O. The normalized spacial score (nSPS) is 22.5. The predicted molar refractivity (Wildman–Crippen MR) is 87.6 cm³/mol. The van der Waals surface area contributed by atoms with Crippen LogP contribution in [-0.2, 0) is 6.54 Å². The van der Waals surface area contributed by atoms with Crippen LogP contribution in [0.3, 0.4) is 0 Å². The van der Waals surface area contributed by atoms with E-state index >= 15 is 0 Å². The molecule has 2 atom stereocenters. The third-order valence-corrected chi connectivity index (χ3v) is 4.39. The molecular weight excluding hydrogens is 260 g/mol. The number of ether oxygens (including phenoxy) is 1. The topological polar surface area (TPSA) is 34.1 Å². The van der Waals surface area contributed by atoms with Gasteiger partial charge >= 0.3 is 0 Å². The second-order valence-corrected chi connectivity index (χ2v) is 6.54. The van der Waals surface area contributed by atoms with Gasteiger partial charge < -0.3 is 10.1 Å². The van der Waals surface area contributed by atoms with Crippen molar-refractivity contribution >= 4 is 0 Å². The lowest BCUT2D eigenvalue weighted by Gasteiger charge is -2.31. The molecule has 0 aromatic carbocycles. The van der Waals surface area contributed by atoms with Crippen molar-refractivity contribution in [1.29, 1.82) is 0 Å². The molecule has 0 saturated heterocycles. The number of aryl methyl sites for hydroxylation is 1. The summed E-state index contributed by atoms with van der Waals surface area (Å²) >= 11 is 0. The van der Waals surface area contributed by atoms with Gasteiger partial charge in [-0.2, -0.15) is 0 Å². The molecule has 1 aliphatic carbocycles. The van der Waals surface area contributed by atoms with Crippen LogP contribution in [0.2, 0.25) is 0 Å². The molecule has 118 valence electrons. The SMILES string of the molecule is CCC1CCCCC1Oc1ccc(C)nc1CNC(C)C. The number of pyridine rings is 1. The molecule has 1 aromatic rings. The first-order chi connectivity index (χ1) is 10.1. The highest BCUT2D eigenvalue weighted by atomic mass is 16.5. The maximum atomic E-state index is 6.37. The fraction of sp³-hybridized carbons (Fsp3) is 0.722. The van der Waals surface area contributed by atoms with Gasteiger partial charge in [0.2, 0.25) is 0 Å². The monoisotopic (exact) mass is 290 g/mol. The average molecular weight is 290 g/mol. The summed E-state index contributed by atoms with van der Waals surface area (Å²) in [4.78, 5) is 4.67. The Labute approximate surface area is 129 Å². The molecule has 0 aliphatic heterocycles. The molecule has 1 saturated carbocycles. The lowest BCUT2D eigenvalue weighted by molar-refractivity contribution is 0.0887. The van der Waals surface area contributed by atoms with E-state index in [1.807, 2.05) is 6.92 Å². The summed E-state index contributed by atoms with van der Waals surface area (Å²) in [6.45, 7) is 9.41. The van der Waals surface area contributed by atoms with Crippen molar-refractivity contribution in [3.8, 4) is 5.75 Å². The van der Waals surface area contributed by atoms with Crippen molar-refractivity contribution in [2.45, 2.75) is 78.5 Å². The Morgan fingerprint density at radius 2 is 2.05 bits per heavy atom. The van der Waals surface area contributed by atoms with E-state index in [-0.39, 0.29) is 0 Å². The summed E-state index contributed by atoms with van der Waals surface area (Å²) in [5, 5.41) is 3.45. The fourth-order valence-electron chi connectivity index (χ4n) is 3.09. The van der Waals surface area contributed by atoms with Crippen LogP contribution in [0.1, 0.15) is 64.3 Å². The Morgan fingerprint density at radius 3 is 2.76 bits per heavy atom. The predicted octanol–water partition coefficient (Wildman–Crippen LogP) is 4.24. The Hall–Kier alpha value is -1.09. The van der Waals surface area contributed by atoms with E-state index in [9.17, 15) is 0 Å². The van der Waals surface area contributed by atoms with Gasteiger partial charge in [0.15, 0.2) is 0 Å². The fourth-order valence-corrected chi connectivity index (χ4v) is 3.09. The minimum Gasteiger partial charge on any atom is -0.488 e. The molecule has 0 spiro atoms. The molecule has 2 rings (SSSR count). The molecule has 1 aromatic heterocycles. The van der Waals surface area contributed by atoms with E-state index in [1.54, 1.807) is 0 Å². The zero-order valence-corrected chi connectivity index (χ0v) is 14.0. The number of nitrogens with one attached hydrogen (secondary N) is 1. The van der Waals surface area contributed by atoms with E-state index in [2.05, 4.69) is 43.2 Å².